The molecular formula is C19H31NO5. The maximum Gasteiger partial charge on any atom is 0.329 e. The predicted molar refractivity (Wildman–Crippen MR) is 96.2 cm³/mol. The molecule has 0 radical (unpaired) electrons. The molecule has 1 amide bonds. The summed E-state index contributed by atoms with van der Waals surface area (Å²) in [6.07, 6.45) is 13.2. The van der Waals surface area contributed by atoms with Crippen molar-refractivity contribution in [3.8, 4) is 0 Å². The van der Waals surface area contributed by atoms with E-state index in [1.165, 1.54) is 0 Å². The van der Waals surface area contributed by atoms with Crippen molar-refractivity contribution in [2.24, 2.45) is 0 Å². The van der Waals surface area contributed by atoms with E-state index in [-0.39, 0.29) is 25.2 Å². The Balaban J connectivity index is 2.45. The smallest absolute Gasteiger partial charge is 0.329 e. The van der Waals surface area contributed by atoms with Crippen molar-refractivity contribution in [1.29, 1.82) is 0 Å². The van der Waals surface area contributed by atoms with Crippen LogP contribution in [-0.4, -0.2) is 58.9 Å². The van der Waals surface area contributed by atoms with Crippen LogP contribution in [0.1, 0.15) is 51.9 Å². The Labute approximate surface area is 150 Å². The first kappa shape index (κ1) is 21.4. The second kappa shape index (κ2) is 12.7. The highest BCUT2D eigenvalue weighted by molar-refractivity contribution is 5.77. The van der Waals surface area contributed by atoms with E-state index in [0.717, 1.165) is 38.5 Å². The van der Waals surface area contributed by atoms with Crippen molar-refractivity contribution in [2.75, 3.05) is 19.8 Å². The SMILES string of the molecule is CCCCCC(O)/C=C/[C@H]1CCCC(=O)N1C/C=C\COCC(=O)O. The summed E-state index contributed by atoms with van der Waals surface area (Å²) >= 11 is 0. The van der Waals surface area contributed by atoms with E-state index in [4.69, 9.17) is 9.84 Å². The lowest BCUT2D eigenvalue weighted by Gasteiger charge is -2.33. The van der Waals surface area contributed by atoms with Gasteiger partial charge in [0.25, 0.3) is 0 Å². The second-order valence-electron chi connectivity index (χ2n) is 6.33. The van der Waals surface area contributed by atoms with Crippen LogP contribution in [0, 0.1) is 0 Å². The molecule has 1 aliphatic rings. The number of ether oxygens (including phenoxy) is 1. The minimum atomic E-state index is -0.998. The van der Waals surface area contributed by atoms with Gasteiger partial charge in [0.1, 0.15) is 6.61 Å². The fourth-order valence-corrected chi connectivity index (χ4v) is 2.81. The normalized spacial score (nSPS) is 19.8. The number of hydrogen-bond acceptors (Lipinski definition) is 4. The minimum absolute atomic E-state index is 0.00617. The summed E-state index contributed by atoms with van der Waals surface area (Å²) in [5.41, 5.74) is 0. The maximum atomic E-state index is 12.2. The molecule has 1 fully saturated rings. The molecule has 142 valence electrons. The molecule has 6 nitrogen and oxygen atoms in total. The molecule has 1 aliphatic heterocycles. The number of rotatable bonds is 12. The van der Waals surface area contributed by atoms with E-state index >= 15 is 0 Å². The number of hydrogen-bond donors (Lipinski definition) is 2. The van der Waals surface area contributed by atoms with Crippen molar-refractivity contribution < 1.29 is 24.5 Å². The van der Waals surface area contributed by atoms with E-state index < -0.39 is 12.1 Å². The number of unbranched alkanes of at least 4 members (excludes halogenated alkanes) is 2. The Bertz CT molecular complexity index is 461. The second-order valence-corrected chi connectivity index (χ2v) is 6.33. The number of likely N-dealkylation sites (tertiary alicyclic amines) is 1. The van der Waals surface area contributed by atoms with E-state index in [1.807, 2.05) is 18.2 Å². The minimum Gasteiger partial charge on any atom is -0.480 e. The Morgan fingerprint density at radius 1 is 1.40 bits per heavy atom. The molecule has 0 aromatic carbocycles. The molecule has 2 N–H and O–H groups in total. The Hall–Kier alpha value is -1.66. The summed E-state index contributed by atoms with van der Waals surface area (Å²) in [6, 6.07) is 0.00617. The number of carbonyl (C=O) groups is 2. The zero-order valence-electron chi connectivity index (χ0n) is 15.1. The molecular weight excluding hydrogens is 322 g/mol. The van der Waals surface area contributed by atoms with Gasteiger partial charge in [0.15, 0.2) is 0 Å². The van der Waals surface area contributed by atoms with E-state index in [9.17, 15) is 14.7 Å². The van der Waals surface area contributed by atoms with Crippen molar-refractivity contribution in [3.63, 3.8) is 0 Å². The molecule has 1 saturated heterocycles. The molecule has 0 saturated carbocycles. The first-order valence-electron chi connectivity index (χ1n) is 9.15. The fourth-order valence-electron chi connectivity index (χ4n) is 2.81. The predicted octanol–water partition coefficient (Wildman–Crippen LogP) is 2.52. The van der Waals surface area contributed by atoms with Gasteiger partial charge in [-0.2, -0.15) is 0 Å². The largest absolute Gasteiger partial charge is 0.480 e. The molecule has 0 aromatic rings. The van der Waals surface area contributed by atoms with Crippen LogP contribution < -0.4 is 0 Å². The molecule has 0 bridgehead atoms. The lowest BCUT2D eigenvalue weighted by atomic mass is 10.00. The number of aliphatic hydroxyl groups excluding tert-OH is 1. The van der Waals surface area contributed by atoms with Crippen LogP contribution in [0.15, 0.2) is 24.3 Å². The van der Waals surface area contributed by atoms with E-state index in [0.29, 0.717) is 13.0 Å². The molecule has 6 heteroatoms. The number of carbonyl (C=O) groups excluding carboxylic acids is 1. The van der Waals surface area contributed by atoms with Gasteiger partial charge in [0.2, 0.25) is 5.91 Å². The number of amides is 1. The zero-order valence-corrected chi connectivity index (χ0v) is 15.1. The summed E-state index contributed by atoms with van der Waals surface area (Å²) in [6.45, 7) is 2.49. The van der Waals surface area contributed by atoms with Gasteiger partial charge in [-0.05, 0) is 19.3 Å². The topological polar surface area (TPSA) is 87.1 Å². The highest BCUT2D eigenvalue weighted by atomic mass is 16.5. The maximum absolute atomic E-state index is 12.2. The molecule has 1 heterocycles. The summed E-state index contributed by atoms with van der Waals surface area (Å²) in [5.74, 6) is -0.889. The van der Waals surface area contributed by atoms with Crippen LogP contribution in [0.4, 0.5) is 0 Å². The molecule has 2 atom stereocenters. The van der Waals surface area contributed by atoms with Gasteiger partial charge >= 0.3 is 5.97 Å². The molecule has 25 heavy (non-hydrogen) atoms. The molecule has 1 unspecified atom stereocenters. The Kier molecular flexibility index (Phi) is 10.8. The van der Waals surface area contributed by atoms with Gasteiger partial charge < -0.3 is 19.8 Å². The Morgan fingerprint density at radius 2 is 2.20 bits per heavy atom. The quantitative estimate of drug-likeness (QED) is 0.416. The number of carboxylic acid groups (broad SMARTS) is 1. The lowest BCUT2D eigenvalue weighted by Crippen LogP contribution is -2.42. The van der Waals surface area contributed by atoms with Crippen molar-refractivity contribution in [1.82, 2.24) is 4.90 Å². The van der Waals surface area contributed by atoms with Gasteiger partial charge in [-0.25, -0.2) is 4.79 Å². The van der Waals surface area contributed by atoms with Crippen LogP contribution in [0.3, 0.4) is 0 Å². The van der Waals surface area contributed by atoms with Crippen molar-refractivity contribution >= 4 is 11.9 Å². The zero-order chi connectivity index (χ0) is 18.5. The summed E-state index contributed by atoms with van der Waals surface area (Å²) in [5, 5.41) is 18.5. The summed E-state index contributed by atoms with van der Waals surface area (Å²) in [4.78, 5) is 24.3. The third-order valence-electron chi connectivity index (χ3n) is 4.18. The number of carboxylic acids is 1. The van der Waals surface area contributed by atoms with Gasteiger partial charge in [0, 0.05) is 13.0 Å². The first-order chi connectivity index (χ1) is 12.0. The van der Waals surface area contributed by atoms with Gasteiger partial charge in [0.05, 0.1) is 18.8 Å². The van der Waals surface area contributed by atoms with Crippen LogP contribution >= 0.6 is 0 Å². The average molecular weight is 353 g/mol. The monoisotopic (exact) mass is 353 g/mol. The van der Waals surface area contributed by atoms with Gasteiger partial charge in [-0.1, -0.05) is 50.5 Å². The van der Waals surface area contributed by atoms with Crippen LogP contribution in [-0.2, 0) is 14.3 Å². The van der Waals surface area contributed by atoms with Crippen LogP contribution in [0.2, 0.25) is 0 Å². The number of piperidine rings is 1. The highest BCUT2D eigenvalue weighted by Gasteiger charge is 2.25. The first-order valence-corrected chi connectivity index (χ1v) is 9.15. The summed E-state index contributed by atoms with van der Waals surface area (Å²) < 4.78 is 4.93. The number of aliphatic carboxylic acids is 1. The third-order valence-corrected chi connectivity index (χ3v) is 4.18. The summed E-state index contributed by atoms with van der Waals surface area (Å²) in [7, 11) is 0. The Morgan fingerprint density at radius 3 is 2.92 bits per heavy atom. The number of aliphatic hydroxyl groups is 1. The van der Waals surface area contributed by atoms with Crippen molar-refractivity contribution in [2.45, 2.75) is 64.0 Å². The molecule has 0 aromatic heterocycles. The average Bonchev–Trinajstić information content (AvgIpc) is 2.57. The lowest BCUT2D eigenvalue weighted by molar-refractivity contribution is -0.141. The fraction of sp³-hybridized carbons (Fsp3) is 0.684. The van der Waals surface area contributed by atoms with Crippen molar-refractivity contribution in [3.05, 3.63) is 24.3 Å². The van der Waals surface area contributed by atoms with Gasteiger partial charge in [-0.15, -0.1) is 0 Å². The van der Waals surface area contributed by atoms with E-state index in [1.54, 1.807) is 11.0 Å². The molecule has 0 spiro atoms. The standard InChI is InChI=1S/C19H31NO5/c1-2-3-4-9-17(21)12-11-16-8-7-10-18(22)20(16)13-5-6-14-25-15-19(23)24/h5-6,11-12,16-17,21H,2-4,7-10,13-15H2,1H3,(H,23,24)/b6-5-,12-11+/t16-,17?/m1/s1. The number of nitrogens with zero attached hydrogens (tertiary/aromatic N) is 1. The van der Waals surface area contributed by atoms with Crippen LogP contribution in [0.5, 0.6) is 0 Å². The molecule has 0 aliphatic carbocycles. The van der Waals surface area contributed by atoms with E-state index in [2.05, 4.69) is 6.92 Å². The molecule has 1 rings (SSSR count). The highest BCUT2D eigenvalue weighted by Crippen LogP contribution is 2.19. The van der Waals surface area contributed by atoms with Gasteiger partial charge in [-0.3, -0.25) is 4.79 Å². The third kappa shape index (κ3) is 9.41. The van der Waals surface area contributed by atoms with Crippen LogP contribution in [0.25, 0.3) is 0 Å².